The van der Waals surface area contributed by atoms with Crippen LogP contribution in [0.4, 0.5) is 5.82 Å². The van der Waals surface area contributed by atoms with Gasteiger partial charge in [0.1, 0.15) is 17.8 Å². The number of piperidine rings is 1. The third-order valence-corrected chi connectivity index (χ3v) is 3.93. The Morgan fingerprint density at radius 3 is 2.65 bits per heavy atom. The summed E-state index contributed by atoms with van der Waals surface area (Å²) < 4.78 is 2.82. The van der Waals surface area contributed by atoms with Gasteiger partial charge >= 0.3 is 0 Å². The van der Waals surface area contributed by atoms with Crippen molar-refractivity contribution in [3.8, 4) is 17.4 Å². The van der Waals surface area contributed by atoms with Crippen LogP contribution in [0.5, 0.6) is 5.88 Å². The van der Waals surface area contributed by atoms with Gasteiger partial charge in [0.25, 0.3) is 0 Å². The fourth-order valence-corrected chi connectivity index (χ4v) is 2.75. The van der Waals surface area contributed by atoms with Crippen molar-refractivity contribution in [2.75, 3.05) is 18.0 Å². The van der Waals surface area contributed by atoms with Crippen LogP contribution in [0, 0.1) is 0 Å². The second kappa shape index (κ2) is 5.67. The first-order chi connectivity index (χ1) is 11.3. The van der Waals surface area contributed by atoms with E-state index < -0.39 is 0 Å². The van der Waals surface area contributed by atoms with Gasteiger partial charge in [-0.25, -0.2) is 14.6 Å². The molecule has 0 unspecified atom stereocenters. The first kappa shape index (κ1) is 13.7. The van der Waals surface area contributed by atoms with Crippen molar-refractivity contribution >= 4 is 5.82 Å². The summed E-state index contributed by atoms with van der Waals surface area (Å²) >= 11 is 0. The molecule has 0 aliphatic carbocycles. The molecule has 4 heterocycles. The third-order valence-electron chi connectivity index (χ3n) is 3.93. The lowest BCUT2D eigenvalue weighted by Gasteiger charge is -2.27. The molecule has 1 N–H and O–H groups in total. The molecule has 0 aromatic carbocycles. The Labute approximate surface area is 132 Å². The van der Waals surface area contributed by atoms with E-state index in [2.05, 4.69) is 30.3 Å². The second-order valence-electron chi connectivity index (χ2n) is 5.39. The normalized spacial score (nSPS) is 15.0. The predicted octanol–water partition coefficient (Wildman–Crippen LogP) is 0.939. The van der Waals surface area contributed by atoms with Crippen molar-refractivity contribution < 1.29 is 5.11 Å². The smallest absolute Gasteiger partial charge is 0.242 e. The molecule has 0 amide bonds. The summed E-state index contributed by atoms with van der Waals surface area (Å²) in [6.07, 6.45) is 9.79. The van der Waals surface area contributed by atoms with Gasteiger partial charge < -0.3 is 10.0 Å². The molecule has 9 nitrogen and oxygen atoms in total. The molecular weight excluding hydrogens is 296 g/mol. The van der Waals surface area contributed by atoms with Gasteiger partial charge in [0.05, 0.1) is 18.6 Å². The lowest BCUT2D eigenvalue weighted by Crippen LogP contribution is -2.30. The van der Waals surface area contributed by atoms with Gasteiger partial charge in [0.2, 0.25) is 5.88 Å². The molecule has 9 heteroatoms. The first-order valence-electron chi connectivity index (χ1n) is 7.54. The maximum atomic E-state index is 10.4. The SMILES string of the molecule is Oc1c(-n2ccnn2)cnn1-c1cc(N2CCCCC2)ncn1. The van der Waals surface area contributed by atoms with Crippen LogP contribution in [-0.4, -0.2) is 52.9 Å². The topological polar surface area (TPSA) is 97.8 Å². The van der Waals surface area contributed by atoms with E-state index in [1.165, 1.54) is 47.3 Å². The number of hydrogen-bond donors (Lipinski definition) is 1. The highest BCUT2D eigenvalue weighted by Crippen LogP contribution is 2.25. The number of rotatable bonds is 3. The van der Waals surface area contributed by atoms with Gasteiger partial charge in [-0.3, -0.25) is 0 Å². The summed E-state index contributed by atoms with van der Waals surface area (Å²) in [5.41, 5.74) is 0.445. The molecule has 0 radical (unpaired) electrons. The molecule has 3 aromatic heterocycles. The molecule has 23 heavy (non-hydrogen) atoms. The summed E-state index contributed by atoms with van der Waals surface area (Å²) in [5, 5.41) is 22.2. The second-order valence-corrected chi connectivity index (χ2v) is 5.39. The Morgan fingerprint density at radius 1 is 1.04 bits per heavy atom. The van der Waals surface area contributed by atoms with E-state index in [1.54, 1.807) is 6.20 Å². The molecule has 118 valence electrons. The zero-order chi connectivity index (χ0) is 15.6. The summed E-state index contributed by atoms with van der Waals surface area (Å²) in [6, 6.07) is 1.84. The van der Waals surface area contributed by atoms with Gasteiger partial charge in [-0.15, -0.1) is 5.10 Å². The van der Waals surface area contributed by atoms with E-state index in [9.17, 15) is 5.11 Å². The van der Waals surface area contributed by atoms with Crippen molar-refractivity contribution in [1.82, 2.24) is 34.7 Å². The highest BCUT2D eigenvalue weighted by molar-refractivity contribution is 5.47. The average molecular weight is 312 g/mol. The summed E-state index contributed by atoms with van der Waals surface area (Å²) in [6.45, 7) is 1.98. The highest BCUT2D eigenvalue weighted by atomic mass is 16.3. The Kier molecular flexibility index (Phi) is 3.37. The molecule has 1 aliphatic heterocycles. The number of nitrogens with zero attached hydrogens (tertiary/aromatic N) is 8. The van der Waals surface area contributed by atoms with Gasteiger partial charge in [-0.05, 0) is 19.3 Å². The lowest BCUT2D eigenvalue weighted by molar-refractivity contribution is 0.428. The Bertz CT molecular complexity index is 791. The van der Waals surface area contributed by atoms with Crippen LogP contribution < -0.4 is 4.90 Å². The average Bonchev–Trinajstić information content (AvgIpc) is 3.25. The number of aromatic nitrogens is 7. The zero-order valence-corrected chi connectivity index (χ0v) is 12.4. The van der Waals surface area contributed by atoms with E-state index in [1.807, 2.05) is 6.07 Å². The van der Waals surface area contributed by atoms with E-state index in [0.29, 0.717) is 11.5 Å². The molecule has 0 bridgehead atoms. The van der Waals surface area contributed by atoms with Crippen molar-refractivity contribution in [2.45, 2.75) is 19.3 Å². The Morgan fingerprint density at radius 2 is 1.87 bits per heavy atom. The van der Waals surface area contributed by atoms with E-state index in [0.717, 1.165) is 18.9 Å². The fourth-order valence-electron chi connectivity index (χ4n) is 2.75. The predicted molar refractivity (Wildman–Crippen MR) is 81.8 cm³/mol. The fraction of sp³-hybridized carbons (Fsp3) is 0.357. The molecule has 3 aromatic rings. The van der Waals surface area contributed by atoms with Crippen molar-refractivity contribution in [3.63, 3.8) is 0 Å². The molecular formula is C14H16N8O. The summed E-state index contributed by atoms with van der Waals surface area (Å²) in [7, 11) is 0. The molecule has 0 spiro atoms. The van der Waals surface area contributed by atoms with Gasteiger partial charge in [0.15, 0.2) is 5.82 Å². The lowest BCUT2D eigenvalue weighted by atomic mass is 10.1. The molecule has 1 saturated heterocycles. The maximum absolute atomic E-state index is 10.4. The molecule has 1 fully saturated rings. The summed E-state index contributed by atoms with van der Waals surface area (Å²) in [5.74, 6) is 1.33. The quantitative estimate of drug-likeness (QED) is 0.768. The standard InChI is InChI=1S/C14H16N8O/c23-14-11(21-7-4-17-19-21)9-18-22(14)13-8-12(15-10-16-13)20-5-2-1-3-6-20/h4,7-10,23H,1-3,5-6H2. The minimum atomic E-state index is -0.0428. The van der Waals surface area contributed by atoms with Crippen LogP contribution in [0.3, 0.4) is 0 Å². The van der Waals surface area contributed by atoms with Crippen LogP contribution in [-0.2, 0) is 0 Å². The van der Waals surface area contributed by atoms with Crippen LogP contribution in [0.1, 0.15) is 19.3 Å². The van der Waals surface area contributed by atoms with Crippen LogP contribution in [0.25, 0.3) is 11.5 Å². The van der Waals surface area contributed by atoms with Gasteiger partial charge in [-0.1, -0.05) is 5.21 Å². The number of hydrogen-bond acceptors (Lipinski definition) is 7. The first-order valence-corrected chi connectivity index (χ1v) is 7.54. The minimum absolute atomic E-state index is 0.0428. The van der Waals surface area contributed by atoms with E-state index >= 15 is 0 Å². The number of anilines is 1. The highest BCUT2D eigenvalue weighted by Gasteiger charge is 2.17. The van der Waals surface area contributed by atoms with E-state index in [-0.39, 0.29) is 5.88 Å². The molecule has 0 atom stereocenters. The summed E-state index contributed by atoms with van der Waals surface area (Å²) in [4.78, 5) is 10.8. The zero-order valence-electron chi connectivity index (χ0n) is 12.4. The number of aromatic hydroxyl groups is 1. The maximum Gasteiger partial charge on any atom is 0.242 e. The molecule has 0 saturated carbocycles. The van der Waals surface area contributed by atoms with Crippen molar-refractivity contribution in [2.24, 2.45) is 0 Å². The Hall–Kier alpha value is -2.97. The van der Waals surface area contributed by atoms with Crippen LogP contribution >= 0.6 is 0 Å². The van der Waals surface area contributed by atoms with Gasteiger partial charge in [-0.2, -0.15) is 9.78 Å². The third kappa shape index (κ3) is 2.50. The minimum Gasteiger partial charge on any atom is -0.492 e. The van der Waals surface area contributed by atoms with Crippen molar-refractivity contribution in [3.05, 3.63) is 31.0 Å². The molecule has 1 aliphatic rings. The van der Waals surface area contributed by atoms with Crippen LogP contribution in [0.2, 0.25) is 0 Å². The largest absolute Gasteiger partial charge is 0.492 e. The van der Waals surface area contributed by atoms with E-state index in [4.69, 9.17) is 0 Å². The monoisotopic (exact) mass is 312 g/mol. The Balaban J connectivity index is 1.68. The van der Waals surface area contributed by atoms with Crippen LogP contribution in [0.15, 0.2) is 31.0 Å². The van der Waals surface area contributed by atoms with Gasteiger partial charge in [0, 0.05) is 19.2 Å². The molecule has 4 rings (SSSR count). The van der Waals surface area contributed by atoms with Crippen molar-refractivity contribution in [1.29, 1.82) is 0 Å².